The Kier molecular flexibility index (Phi) is 7.43. The van der Waals surface area contributed by atoms with Crippen molar-refractivity contribution in [3.05, 3.63) is 74.5 Å². The molecule has 0 radical (unpaired) electrons. The van der Waals surface area contributed by atoms with Crippen LogP contribution in [0.2, 0.25) is 0 Å². The van der Waals surface area contributed by atoms with Gasteiger partial charge in [0.1, 0.15) is 0 Å². The Morgan fingerprint density at radius 2 is 1.82 bits per heavy atom. The first-order chi connectivity index (χ1) is 15.8. The number of nitrogens with one attached hydrogen (secondary N) is 1. The molecule has 0 unspecified atom stereocenters. The average molecular weight is 539 g/mol. The SMILES string of the molecule is O=c1c(Nc2cccc(C(F)(F)F)c2)nnc(SCc2cccc(Br)c2)n1C1CCCCC1. The van der Waals surface area contributed by atoms with Gasteiger partial charge in [0.2, 0.25) is 5.82 Å². The van der Waals surface area contributed by atoms with Crippen LogP contribution in [0.4, 0.5) is 24.7 Å². The zero-order valence-electron chi connectivity index (χ0n) is 17.6. The summed E-state index contributed by atoms with van der Waals surface area (Å²) in [5.41, 5.74) is 0.0475. The van der Waals surface area contributed by atoms with Gasteiger partial charge in [-0.15, -0.1) is 10.2 Å². The van der Waals surface area contributed by atoms with Gasteiger partial charge in [0.25, 0.3) is 5.56 Å². The molecular formula is C23H22BrF3N4OS. The lowest BCUT2D eigenvalue weighted by Crippen LogP contribution is -2.31. The number of aromatic nitrogens is 3. The minimum atomic E-state index is -4.47. The molecule has 10 heteroatoms. The van der Waals surface area contributed by atoms with Crippen molar-refractivity contribution in [3.63, 3.8) is 0 Å². The molecule has 1 aliphatic carbocycles. The van der Waals surface area contributed by atoms with Crippen LogP contribution in [0.25, 0.3) is 0 Å². The summed E-state index contributed by atoms with van der Waals surface area (Å²) in [4.78, 5) is 13.4. The lowest BCUT2D eigenvalue weighted by atomic mass is 9.95. The zero-order chi connectivity index (χ0) is 23.4. The lowest BCUT2D eigenvalue weighted by Gasteiger charge is -2.25. The monoisotopic (exact) mass is 538 g/mol. The molecule has 4 rings (SSSR count). The number of benzene rings is 2. The van der Waals surface area contributed by atoms with Crippen LogP contribution in [-0.4, -0.2) is 14.8 Å². The van der Waals surface area contributed by atoms with Crippen molar-refractivity contribution >= 4 is 39.2 Å². The van der Waals surface area contributed by atoms with E-state index in [1.165, 1.54) is 23.9 Å². The standard InChI is InChI=1S/C23H22BrF3N4OS/c24-17-8-4-6-15(12-17)14-33-22-30-29-20(21(32)31(22)19-10-2-1-3-11-19)28-18-9-5-7-16(13-18)23(25,26)27/h4-9,12-13,19H,1-3,10-11,14H2,(H,28,29). The van der Waals surface area contributed by atoms with E-state index >= 15 is 0 Å². The highest BCUT2D eigenvalue weighted by Crippen LogP contribution is 2.33. The minimum absolute atomic E-state index is 0.00572. The fourth-order valence-electron chi connectivity index (χ4n) is 3.91. The Morgan fingerprint density at radius 1 is 1.06 bits per heavy atom. The van der Waals surface area contributed by atoms with Crippen molar-refractivity contribution in [3.8, 4) is 0 Å². The highest BCUT2D eigenvalue weighted by atomic mass is 79.9. The number of thioether (sulfide) groups is 1. The molecule has 0 aliphatic heterocycles. The van der Waals surface area contributed by atoms with Gasteiger partial charge in [0, 0.05) is 22.0 Å². The summed E-state index contributed by atoms with van der Waals surface area (Å²) in [5.74, 6) is 0.535. The molecule has 1 saturated carbocycles. The van der Waals surface area contributed by atoms with Crippen LogP contribution in [0.15, 0.2) is 63.0 Å². The van der Waals surface area contributed by atoms with Gasteiger partial charge in [-0.2, -0.15) is 13.2 Å². The van der Waals surface area contributed by atoms with E-state index in [0.717, 1.165) is 54.3 Å². The number of nitrogens with zero attached hydrogens (tertiary/aromatic N) is 3. The van der Waals surface area contributed by atoms with E-state index in [4.69, 9.17) is 0 Å². The van der Waals surface area contributed by atoms with Gasteiger partial charge in [-0.1, -0.05) is 65.2 Å². The van der Waals surface area contributed by atoms with Gasteiger partial charge < -0.3 is 5.32 Å². The van der Waals surface area contributed by atoms with Gasteiger partial charge >= 0.3 is 6.18 Å². The Bertz CT molecular complexity index is 1180. The second-order valence-corrected chi connectivity index (χ2v) is 9.78. The highest BCUT2D eigenvalue weighted by Gasteiger charge is 2.30. The molecule has 0 atom stereocenters. The van der Waals surface area contributed by atoms with Gasteiger partial charge in [0.15, 0.2) is 5.16 Å². The maximum Gasteiger partial charge on any atom is 0.416 e. The van der Waals surface area contributed by atoms with E-state index in [0.29, 0.717) is 10.9 Å². The van der Waals surface area contributed by atoms with Crippen LogP contribution in [0.1, 0.15) is 49.3 Å². The zero-order valence-corrected chi connectivity index (χ0v) is 20.0. The van der Waals surface area contributed by atoms with Crippen molar-refractivity contribution in [1.82, 2.24) is 14.8 Å². The van der Waals surface area contributed by atoms with Crippen LogP contribution in [-0.2, 0) is 11.9 Å². The summed E-state index contributed by atoms with van der Waals surface area (Å²) in [6.45, 7) is 0. The van der Waals surface area contributed by atoms with Gasteiger partial charge in [0.05, 0.1) is 5.56 Å². The van der Waals surface area contributed by atoms with Crippen molar-refractivity contribution < 1.29 is 13.2 Å². The highest BCUT2D eigenvalue weighted by molar-refractivity contribution is 9.10. The van der Waals surface area contributed by atoms with Crippen LogP contribution in [0.5, 0.6) is 0 Å². The van der Waals surface area contributed by atoms with Crippen LogP contribution >= 0.6 is 27.7 Å². The molecule has 174 valence electrons. The first-order valence-corrected chi connectivity index (χ1v) is 12.4. The van der Waals surface area contributed by atoms with E-state index in [2.05, 4.69) is 31.4 Å². The largest absolute Gasteiger partial charge is 0.416 e. The molecule has 1 aliphatic rings. The molecule has 1 N–H and O–H groups in total. The molecule has 0 saturated heterocycles. The molecule has 0 bridgehead atoms. The molecule has 3 aromatic rings. The van der Waals surface area contributed by atoms with Crippen molar-refractivity contribution in [1.29, 1.82) is 0 Å². The van der Waals surface area contributed by atoms with Crippen molar-refractivity contribution in [2.75, 3.05) is 5.32 Å². The average Bonchev–Trinajstić information content (AvgIpc) is 2.79. The summed E-state index contributed by atoms with van der Waals surface area (Å²) in [5, 5.41) is 11.6. The van der Waals surface area contributed by atoms with Gasteiger partial charge in [-0.3, -0.25) is 9.36 Å². The molecule has 5 nitrogen and oxygen atoms in total. The summed E-state index contributed by atoms with van der Waals surface area (Å²) in [6, 6.07) is 12.6. The minimum Gasteiger partial charge on any atom is -0.334 e. The molecule has 0 spiro atoms. The predicted molar refractivity (Wildman–Crippen MR) is 127 cm³/mol. The number of anilines is 2. The van der Waals surface area contributed by atoms with Crippen molar-refractivity contribution in [2.45, 2.75) is 55.2 Å². The fraction of sp³-hybridized carbons (Fsp3) is 0.348. The molecular weight excluding hydrogens is 517 g/mol. The van der Waals surface area contributed by atoms with E-state index < -0.39 is 11.7 Å². The first-order valence-electron chi connectivity index (χ1n) is 10.6. The molecule has 1 aromatic heterocycles. The molecule has 0 amide bonds. The number of hydrogen-bond donors (Lipinski definition) is 1. The predicted octanol–water partition coefficient (Wildman–Crippen LogP) is 6.96. The Labute approximate surface area is 201 Å². The number of rotatable bonds is 6. The Morgan fingerprint density at radius 3 is 2.55 bits per heavy atom. The van der Waals surface area contributed by atoms with Gasteiger partial charge in [-0.05, 0) is 48.7 Å². The van der Waals surface area contributed by atoms with Crippen LogP contribution < -0.4 is 10.9 Å². The number of hydrogen-bond acceptors (Lipinski definition) is 5. The Hall–Kier alpha value is -2.33. The third-order valence-corrected chi connectivity index (χ3v) is 7.02. The second kappa shape index (κ2) is 10.3. The third-order valence-electron chi connectivity index (χ3n) is 5.51. The van der Waals surface area contributed by atoms with E-state index in [1.807, 2.05) is 24.3 Å². The number of alkyl halides is 3. The van der Waals surface area contributed by atoms with Gasteiger partial charge in [-0.25, -0.2) is 0 Å². The Balaban J connectivity index is 1.65. The summed E-state index contributed by atoms with van der Waals surface area (Å²) in [7, 11) is 0. The van der Waals surface area contributed by atoms with Crippen LogP contribution in [0, 0.1) is 0 Å². The van der Waals surface area contributed by atoms with Crippen LogP contribution in [0.3, 0.4) is 0 Å². The normalized spacial score (nSPS) is 14.9. The lowest BCUT2D eigenvalue weighted by molar-refractivity contribution is -0.137. The smallest absolute Gasteiger partial charge is 0.334 e. The topological polar surface area (TPSA) is 59.8 Å². The molecule has 2 aromatic carbocycles. The van der Waals surface area contributed by atoms with Crippen molar-refractivity contribution in [2.24, 2.45) is 0 Å². The maximum absolute atomic E-state index is 13.4. The third kappa shape index (κ3) is 5.97. The molecule has 1 fully saturated rings. The maximum atomic E-state index is 13.4. The van der Waals surface area contributed by atoms with E-state index in [-0.39, 0.29) is 23.1 Å². The quantitative estimate of drug-likeness (QED) is 0.343. The summed E-state index contributed by atoms with van der Waals surface area (Å²) >= 11 is 4.89. The second-order valence-electron chi connectivity index (χ2n) is 7.92. The fourth-order valence-corrected chi connectivity index (χ4v) is 5.30. The van der Waals surface area contributed by atoms with E-state index in [9.17, 15) is 18.0 Å². The molecule has 1 heterocycles. The summed E-state index contributed by atoms with van der Waals surface area (Å²) < 4.78 is 41.8. The summed E-state index contributed by atoms with van der Waals surface area (Å²) in [6.07, 6.45) is 0.410. The van der Waals surface area contributed by atoms with E-state index in [1.54, 1.807) is 4.57 Å². The first kappa shape index (κ1) is 23.8. The number of halogens is 4. The molecule has 33 heavy (non-hydrogen) atoms.